The van der Waals surface area contributed by atoms with Crippen LogP contribution in [-0.4, -0.2) is 45.9 Å². The number of carbonyl (C=O) groups is 1. The number of benzene rings is 2. The summed E-state index contributed by atoms with van der Waals surface area (Å²) in [6, 6.07) is 12.3. The van der Waals surface area contributed by atoms with Gasteiger partial charge >= 0.3 is 13.7 Å². The van der Waals surface area contributed by atoms with Gasteiger partial charge in [0, 0.05) is 24.3 Å². The second-order valence-electron chi connectivity index (χ2n) is 10.4. The number of imidazole rings is 1. The zero-order chi connectivity index (χ0) is 39.4. The number of nitrogens with zero attached hydrogens (tertiary/aromatic N) is 3. The Morgan fingerprint density at radius 1 is 1.11 bits per heavy atom. The summed E-state index contributed by atoms with van der Waals surface area (Å²) in [5.41, 5.74) is 6.88. The van der Waals surface area contributed by atoms with Gasteiger partial charge < -0.3 is 24.3 Å². The number of pyridine rings is 1. The SMILES string of the molecule is [2H]C([2H])([2H])C(OC(=O)[C@@H](N[P@](=O)(OC[C@](C)(CCCC)n1c(COCC)nc2c(N)nc3ccccc3c21)Oc1ccccc1)C([2H])([2H])[2H])C([2H])([2H])[2H]. The van der Waals surface area contributed by atoms with Crippen LogP contribution in [0.25, 0.3) is 21.9 Å². The van der Waals surface area contributed by atoms with E-state index in [0.717, 1.165) is 6.42 Å². The molecule has 11 nitrogen and oxygen atoms in total. The number of para-hydroxylation sites is 2. The monoisotopic (exact) mass is 634 g/mol. The number of unbranched alkanes of at least 4 members (excludes halogenated alkanes) is 1. The summed E-state index contributed by atoms with van der Waals surface area (Å²) >= 11 is 0. The van der Waals surface area contributed by atoms with Crippen LogP contribution in [0.3, 0.4) is 0 Å². The van der Waals surface area contributed by atoms with Crippen LogP contribution in [0.15, 0.2) is 54.6 Å². The third-order valence-electron chi connectivity index (χ3n) is 6.90. The van der Waals surface area contributed by atoms with Gasteiger partial charge in [-0.1, -0.05) is 56.2 Å². The van der Waals surface area contributed by atoms with E-state index < -0.39 is 58.6 Å². The molecule has 0 fully saturated rings. The fraction of sp³-hybridized carbons (Fsp3) is 0.469. The Morgan fingerprint density at radius 2 is 1.86 bits per heavy atom. The number of rotatable bonds is 16. The number of nitrogens with two attached hydrogens (primary N) is 1. The van der Waals surface area contributed by atoms with Gasteiger partial charge in [0.25, 0.3) is 0 Å². The lowest BCUT2D eigenvalue weighted by molar-refractivity contribution is -0.149. The number of nitrogen functional groups attached to an aromatic ring is 1. The highest BCUT2D eigenvalue weighted by Gasteiger charge is 2.39. The van der Waals surface area contributed by atoms with E-state index >= 15 is 0 Å². The third-order valence-corrected chi connectivity index (χ3v) is 8.40. The molecule has 3 N–H and O–H groups in total. The number of hydrogen-bond acceptors (Lipinski definition) is 9. The summed E-state index contributed by atoms with van der Waals surface area (Å²) in [5.74, 6) is -1.23. The number of ether oxygens (including phenoxy) is 2. The van der Waals surface area contributed by atoms with E-state index in [0.29, 0.717) is 47.2 Å². The molecule has 238 valence electrons. The first kappa shape index (κ1) is 22.9. The molecule has 4 rings (SSSR count). The Balaban J connectivity index is 1.85. The fourth-order valence-corrected chi connectivity index (χ4v) is 6.30. The number of hydrogen-bond donors (Lipinski definition) is 2. The van der Waals surface area contributed by atoms with Crippen LogP contribution in [0.1, 0.15) is 78.8 Å². The standard InChI is InChI=1S/C32H44N5O6P/c1-7-9-19-32(6,21-41-44(39,43-24-15-11-10-12-16-24)36-23(5)31(38)42-22(3)4)37-27(20-40-8-2)35-28-29(37)25-17-13-14-18-26(25)34-30(28)33/h10-18,22-23H,7-9,19-21H2,1-6H3,(H2,33,34)(H,36,39)/t23-,32-,44-/m0/s1/i3D3,4D3,5D3. The first-order chi connectivity index (χ1) is 24.6. The number of esters is 1. The van der Waals surface area contributed by atoms with Crippen LogP contribution in [0.2, 0.25) is 0 Å². The molecule has 3 atom stereocenters. The molecule has 0 aliphatic rings. The van der Waals surface area contributed by atoms with E-state index in [9.17, 15) is 9.36 Å². The minimum Gasteiger partial charge on any atom is -0.462 e. The van der Waals surface area contributed by atoms with Gasteiger partial charge in [0.15, 0.2) is 5.82 Å². The van der Waals surface area contributed by atoms with Gasteiger partial charge in [0.1, 0.15) is 29.7 Å². The summed E-state index contributed by atoms with van der Waals surface area (Å²) in [6.45, 7) is -4.44. The maximum atomic E-state index is 14.8. The van der Waals surface area contributed by atoms with Crippen molar-refractivity contribution in [1.82, 2.24) is 19.6 Å². The predicted octanol–water partition coefficient (Wildman–Crippen LogP) is 6.74. The molecular formula is C32H44N5O6P. The van der Waals surface area contributed by atoms with E-state index in [-0.39, 0.29) is 18.2 Å². The van der Waals surface area contributed by atoms with Crippen LogP contribution in [-0.2, 0) is 35.5 Å². The maximum Gasteiger partial charge on any atom is 0.459 e. The molecule has 0 saturated carbocycles. The van der Waals surface area contributed by atoms with Gasteiger partial charge in [0.05, 0.1) is 29.3 Å². The average Bonchev–Trinajstić information content (AvgIpc) is 3.47. The predicted molar refractivity (Wildman–Crippen MR) is 172 cm³/mol. The molecule has 44 heavy (non-hydrogen) atoms. The van der Waals surface area contributed by atoms with Gasteiger partial charge in [-0.25, -0.2) is 14.5 Å². The molecule has 4 aromatic rings. The second kappa shape index (κ2) is 14.5. The fourth-order valence-electron chi connectivity index (χ4n) is 4.85. The molecule has 12 heteroatoms. The molecule has 0 spiro atoms. The number of nitrogens with one attached hydrogen (secondary N) is 1. The molecule has 2 aromatic heterocycles. The molecule has 0 unspecified atom stereocenters. The third kappa shape index (κ3) is 7.77. The normalized spacial score (nSPS) is 19.1. The highest BCUT2D eigenvalue weighted by atomic mass is 31.2. The van der Waals surface area contributed by atoms with Crippen molar-refractivity contribution in [2.45, 2.75) is 84.9 Å². The van der Waals surface area contributed by atoms with Crippen molar-refractivity contribution in [1.29, 1.82) is 0 Å². The average molecular weight is 635 g/mol. The second-order valence-corrected chi connectivity index (χ2v) is 12.1. The zero-order valence-corrected chi connectivity index (χ0v) is 25.8. The van der Waals surface area contributed by atoms with E-state index in [1.165, 1.54) is 12.1 Å². The lowest BCUT2D eigenvalue weighted by Gasteiger charge is -2.35. The summed E-state index contributed by atoms with van der Waals surface area (Å²) in [5, 5.41) is 2.86. The highest BCUT2D eigenvalue weighted by molar-refractivity contribution is 7.52. The van der Waals surface area contributed by atoms with Gasteiger partial charge in [0.2, 0.25) is 0 Å². The lowest BCUT2D eigenvalue weighted by atomic mass is 9.94. The van der Waals surface area contributed by atoms with E-state index in [2.05, 4.69) is 10.1 Å². The lowest BCUT2D eigenvalue weighted by Crippen LogP contribution is -2.40. The first-order valence-electron chi connectivity index (χ1n) is 18.7. The van der Waals surface area contributed by atoms with Crippen LogP contribution in [0.4, 0.5) is 5.82 Å². The van der Waals surface area contributed by atoms with E-state index in [1.54, 1.807) is 24.3 Å². The van der Waals surface area contributed by atoms with Gasteiger partial charge in [-0.2, -0.15) is 5.09 Å². The van der Waals surface area contributed by atoms with Crippen LogP contribution in [0, 0.1) is 0 Å². The molecule has 2 aromatic carbocycles. The molecule has 0 radical (unpaired) electrons. The van der Waals surface area contributed by atoms with Crippen LogP contribution in [0.5, 0.6) is 5.75 Å². The van der Waals surface area contributed by atoms with Crippen molar-refractivity contribution < 1.29 is 40.2 Å². The Labute approximate surface area is 271 Å². The number of carbonyl (C=O) groups excluding carboxylic acids is 1. The van der Waals surface area contributed by atoms with Crippen LogP contribution >= 0.6 is 7.75 Å². The van der Waals surface area contributed by atoms with Crippen molar-refractivity contribution >= 4 is 41.5 Å². The van der Waals surface area contributed by atoms with Crippen molar-refractivity contribution in [2.24, 2.45) is 0 Å². The van der Waals surface area contributed by atoms with Gasteiger partial charge in [-0.3, -0.25) is 9.32 Å². The Kier molecular flexibility index (Phi) is 7.57. The molecular weight excluding hydrogens is 581 g/mol. The van der Waals surface area contributed by atoms with Gasteiger partial charge in [-0.15, -0.1) is 0 Å². The highest BCUT2D eigenvalue weighted by Crippen LogP contribution is 2.47. The molecule has 0 amide bonds. The van der Waals surface area contributed by atoms with Crippen molar-refractivity contribution in [2.75, 3.05) is 18.9 Å². The summed E-state index contributed by atoms with van der Waals surface area (Å²) in [6.07, 6.45) is -0.902. The largest absolute Gasteiger partial charge is 0.462 e. The summed E-state index contributed by atoms with van der Waals surface area (Å²) < 4.78 is 109. The summed E-state index contributed by atoms with van der Waals surface area (Å²) in [7, 11) is -4.95. The minimum atomic E-state index is -4.95. The van der Waals surface area contributed by atoms with Crippen molar-refractivity contribution in [3.05, 3.63) is 60.4 Å². The Morgan fingerprint density at radius 3 is 2.57 bits per heavy atom. The number of fused-ring (bicyclic) bond motifs is 3. The van der Waals surface area contributed by atoms with E-state index in [4.69, 9.17) is 41.6 Å². The molecule has 0 aliphatic heterocycles. The summed E-state index contributed by atoms with van der Waals surface area (Å²) in [4.78, 5) is 22.7. The molecule has 0 saturated heterocycles. The molecule has 0 aliphatic carbocycles. The topological polar surface area (TPSA) is 140 Å². The molecule has 2 heterocycles. The minimum absolute atomic E-state index is 0.0333. The quantitative estimate of drug-likeness (QED) is 0.101. The van der Waals surface area contributed by atoms with E-state index in [1.807, 2.05) is 43.5 Å². The van der Waals surface area contributed by atoms with Crippen molar-refractivity contribution in [3.8, 4) is 5.75 Å². The zero-order valence-electron chi connectivity index (χ0n) is 33.9. The van der Waals surface area contributed by atoms with Gasteiger partial charge in [-0.05, 0) is 59.0 Å². The Hall–Kier alpha value is -3.50. The number of aromatic nitrogens is 3. The van der Waals surface area contributed by atoms with Crippen molar-refractivity contribution in [3.63, 3.8) is 0 Å². The van der Waals surface area contributed by atoms with Crippen LogP contribution < -0.4 is 15.3 Å². The Bertz CT molecular complexity index is 1910. The smallest absolute Gasteiger partial charge is 0.459 e. The maximum absolute atomic E-state index is 14.8. The first-order valence-corrected chi connectivity index (χ1v) is 15.8. The molecule has 0 bridgehead atoms. The number of anilines is 1.